The Morgan fingerprint density at radius 2 is 1.82 bits per heavy atom. The fourth-order valence-corrected chi connectivity index (χ4v) is 6.10. The van der Waals surface area contributed by atoms with Gasteiger partial charge >= 0.3 is 12.2 Å². The number of likely N-dealkylation sites (tertiary alicyclic amines) is 1. The van der Waals surface area contributed by atoms with E-state index >= 15 is 0 Å². The van der Waals surface area contributed by atoms with Crippen LogP contribution in [-0.4, -0.2) is 71.4 Å². The number of carbonyl (C=O) groups is 3. The van der Waals surface area contributed by atoms with Crippen molar-refractivity contribution in [2.45, 2.75) is 109 Å². The van der Waals surface area contributed by atoms with Crippen molar-refractivity contribution < 1.29 is 27.6 Å². The van der Waals surface area contributed by atoms with E-state index in [0.29, 0.717) is 31.0 Å². The zero-order valence-corrected chi connectivity index (χ0v) is 23.8. The van der Waals surface area contributed by atoms with E-state index in [-0.39, 0.29) is 29.2 Å². The van der Waals surface area contributed by atoms with Crippen molar-refractivity contribution in [3.8, 4) is 0 Å². The summed E-state index contributed by atoms with van der Waals surface area (Å²) in [4.78, 5) is 43.3. The predicted octanol–water partition coefficient (Wildman–Crippen LogP) is 5.00. The normalized spacial score (nSPS) is 25.4. The first kappa shape index (κ1) is 30.1. The Bertz CT molecular complexity index is 1090. The molecule has 2 aliphatic carbocycles. The molecule has 4 amide bonds. The molecule has 2 saturated carbocycles. The van der Waals surface area contributed by atoms with Crippen molar-refractivity contribution in [3.05, 3.63) is 29.3 Å². The van der Waals surface area contributed by atoms with Crippen LogP contribution in [0.15, 0.2) is 18.2 Å². The van der Waals surface area contributed by atoms with Crippen LogP contribution in [0.4, 0.5) is 23.7 Å². The van der Waals surface area contributed by atoms with Crippen molar-refractivity contribution in [2.24, 2.45) is 5.92 Å². The summed E-state index contributed by atoms with van der Waals surface area (Å²) in [5.41, 5.74) is -1.37. The number of amides is 4. The van der Waals surface area contributed by atoms with Crippen LogP contribution >= 0.6 is 0 Å². The van der Waals surface area contributed by atoms with Crippen LogP contribution in [0.1, 0.15) is 88.1 Å². The van der Waals surface area contributed by atoms with Crippen LogP contribution in [-0.2, 0) is 11.0 Å². The van der Waals surface area contributed by atoms with Crippen molar-refractivity contribution >= 4 is 23.5 Å². The second kappa shape index (κ2) is 12.4. The molecule has 1 aromatic carbocycles. The predicted molar refractivity (Wildman–Crippen MR) is 147 cm³/mol. The Balaban J connectivity index is 1.46. The summed E-state index contributed by atoms with van der Waals surface area (Å²) in [7, 11) is 2.15. The topological polar surface area (TPSA) is 93.8 Å². The largest absolute Gasteiger partial charge is 0.416 e. The number of nitrogens with one attached hydrogen (secondary N) is 3. The van der Waals surface area contributed by atoms with Crippen molar-refractivity contribution in [1.29, 1.82) is 0 Å². The number of halogens is 3. The SMILES string of the molecule is CCC[C@@H]1C[C@H](N(C)C(C)C)CC[C@@H]1N1CC[C@H](NC(=O)c2cc(C(F)(F)F)ccc2NC(=O)NC2CC2)C1=O. The van der Waals surface area contributed by atoms with E-state index in [2.05, 4.69) is 48.7 Å². The number of hydrogen-bond acceptors (Lipinski definition) is 4. The molecule has 4 rings (SSSR count). The van der Waals surface area contributed by atoms with E-state index in [1.165, 1.54) is 0 Å². The smallest absolute Gasteiger partial charge is 0.340 e. The summed E-state index contributed by atoms with van der Waals surface area (Å²) < 4.78 is 40.4. The average molecular weight is 566 g/mol. The molecule has 0 unspecified atom stereocenters. The van der Waals surface area contributed by atoms with Gasteiger partial charge in [0.2, 0.25) is 5.91 Å². The average Bonchev–Trinajstić information content (AvgIpc) is 3.64. The number of nitrogens with zero attached hydrogens (tertiary/aromatic N) is 2. The highest BCUT2D eigenvalue weighted by Gasteiger charge is 2.43. The number of anilines is 1. The Morgan fingerprint density at radius 3 is 2.45 bits per heavy atom. The minimum atomic E-state index is -4.67. The molecule has 3 N–H and O–H groups in total. The van der Waals surface area contributed by atoms with Crippen molar-refractivity contribution in [3.63, 3.8) is 0 Å². The van der Waals surface area contributed by atoms with Gasteiger partial charge in [-0.25, -0.2) is 4.79 Å². The number of carbonyl (C=O) groups excluding carboxylic acids is 3. The Hall–Kier alpha value is -2.82. The van der Waals surface area contributed by atoms with Gasteiger partial charge in [0.15, 0.2) is 0 Å². The van der Waals surface area contributed by atoms with Gasteiger partial charge in [-0.05, 0) is 90.0 Å². The highest BCUT2D eigenvalue weighted by atomic mass is 19.4. The fraction of sp³-hybridized carbons (Fsp3) is 0.690. The highest BCUT2D eigenvalue weighted by Crippen LogP contribution is 2.37. The second-order valence-corrected chi connectivity index (χ2v) is 11.8. The molecule has 1 aromatic rings. The number of benzene rings is 1. The molecule has 8 nitrogen and oxygen atoms in total. The third-order valence-electron chi connectivity index (χ3n) is 8.66. The Kier molecular flexibility index (Phi) is 9.32. The highest BCUT2D eigenvalue weighted by molar-refractivity contribution is 6.05. The summed E-state index contributed by atoms with van der Waals surface area (Å²) in [5, 5.41) is 7.87. The summed E-state index contributed by atoms with van der Waals surface area (Å²) in [6.45, 7) is 7.01. The molecule has 0 bridgehead atoms. The van der Waals surface area contributed by atoms with E-state index in [4.69, 9.17) is 0 Å². The maximum Gasteiger partial charge on any atom is 0.416 e. The molecule has 222 valence electrons. The van der Waals surface area contributed by atoms with Gasteiger partial charge in [-0.1, -0.05) is 13.3 Å². The minimum Gasteiger partial charge on any atom is -0.340 e. The third-order valence-corrected chi connectivity index (χ3v) is 8.66. The summed E-state index contributed by atoms with van der Waals surface area (Å²) in [6, 6.07) is 2.24. The van der Waals surface area contributed by atoms with Gasteiger partial charge in [-0.3, -0.25) is 9.59 Å². The maximum absolute atomic E-state index is 13.5. The fourth-order valence-electron chi connectivity index (χ4n) is 6.10. The standard InChI is InChI=1S/C29H42F3N5O3/c1-5-6-18-15-21(36(4)17(2)3)10-12-25(18)37-14-13-24(27(37)39)34-26(38)22-16-19(29(30,31)32)7-11-23(22)35-28(40)33-20-8-9-20/h7,11,16-18,20-21,24-25H,5-6,8-10,12-15H2,1-4H3,(H,34,38)(H2,33,35,40)/t18-,21-,24+,25+/m1/s1. The summed E-state index contributed by atoms with van der Waals surface area (Å²) >= 11 is 0. The monoisotopic (exact) mass is 565 g/mol. The van der Waals surface area contributed by atoms with Crippen molar-refractivity contribution in [2.75, 3.05) is 18.9 Å². The van der Waals surface area contributed by atoms with E-state index in [0.717, 1.165) is 63.1 Å². The van der Waals surface area contributed by atoms with Gasteiger partial charge in [-0.15, -0.1) is 0 Å². The number of hydrogen-bond donors (Lipinski definition) is 3. The van der Waals surface area contributed by atoms with E-state index in [1.54, 1.807) is 0 Å². The first-order valence-corrected chi connectivity index (χ1v) is 14.5. The number of rotatable bonds is 9. The zero-order valence-electron chi connectivity index (χ0n) is 23.8. The minimum absolute atomic E-state index is 0.0335. The van der Waals surface area contributed by atoms with E-state index < -0.39 is 29.7 Å². The molecule has 40 heavy (non-hydrogen) atoms. The van der Waals surface area contributed by atoms with Gasteiger partial charge in [-0.2, -0.15) is 13.2 Å². The van der Waals surface area contributed by atoms with Crippen LogP contribution in [0.25, 0.3) is 0 Å². The first-order chi connectivity index (χ1) is 18.9. The lowest BCUT2D eigenvalue weighted by Crippen LogP contribution is -2.51. The van der Waals surface area contributed by atoms with Crippen LogP contribution in [0.2, 0.25) is 0 Å². The van der Waals surface area contributed by atoms with Gasteiger partial charge in [0.25, 0.3) is 5.91 Å². The van der Waals surface area contributed by atoms with Crippen LogP contribution < -0.4 is 16.0 Å². The lowest BCUT2D eigenvalue weighted by Gasteiger charge is -2.44. The summed E-state index contributed by atoms with van der Waals surface area (Å²) in [5.74, 6) is -0.656. The molecular formula is C29H42F3N5O3. The molecule has 11 heteroatoms. The van der Waals surface area contributed by atoms with Gasteiger partial charge in [0, 0.05) is 30.7 Å². The lowest BCUT2D eigenvalue weighted by atomic mass is 9.77. The second-order valence-electron chi connectivity index (χ2n) is 11.8. The zero-order chi connectivity index (χ0) is 29.2. The lowest BCUT2D eigenvalue weighted by molar-refractivity contribution is -0.137. The quantitative estimate of drug-likeness (QED) is 0.393. The molecular weight excluding hydrogens is 523 g/mol. The number of urea groups is 1. The molecule has 4 atom stereocenters. The molecule has 1 saturated heterocycles. The molecule has 3 fully saturated rings. The van der Waals surface area contributed by atoms with Gasteiger partial charge in [0.05, 0.1) is 16.8 Å². The Morgan fingerprint density at radius 1 is 1.10 bits per heavy atom. The van der Waals surface area contributed by atoms with Crippen molar-refractivity contribution in [1.82, 2.24) is 20.4 Å². The molecule has 3 aliphatic rings. The van der Waals surface area contributed by atoms with Crippen LogP contribution in [0, 0.1) is 5.92 Å². The molecule has 0 radical (unpaired) electrons. The van der Waals surface area contributed by atoms with Gasteiger partial charge < -0.3 is 25.8 Å². The molecule has 0 aromatic heterocycles. The molecule has 1 heterocycles. The van der Waals surface area contributed by atoms with E-state index in [9.17, 15) is 27.6 Å². The molecule has 1 aliphatic heterocycles. The third kappa shape index (κ3) is 7.08. The first-order valence-electron chi connectivity index (χ1n) is 14.5. The Labute approximate surface area is 234 Å². The van der Waals surface area contributed by atoms with Crippen LogP contribution in [0.3, 0.4) is 0 Å². The maximum atomic E-state index is 13.5. The van der Waals surface area contributed by atoms with Gasteiger partial charge in [0.1, 0.15) is 6.04 Å². The molecule has 0 spiro atoms. The van der Waals surface area contributed by atoms with E-state index in [1.807, 2.05) is 4.90 Å². The summed E-state index contributed by atoms with van der Waals surface area (Å²) in [6.07, 6.45) is 2.30. The number of alkyl halides is 3. The van der Waals surface area contributed by atoms with Crippen LogP contribution in [0.5, 0.6) is 0 Å².